The lowest BCUT2D eigenvalue weighted by Crippen LogP contribution is -2.02. The molecule has 0 atom stereocenters. The number of carbonyl (C=O) groups is 2. The maximum absolute atomic E-state index is 12.8. The Morgan fingerprint density at radius 3 is 2.09 bits per heavy atom. The summed E-state index contributed by atoms with van der Waals surface area (Å²) >= 11 is 3.44. The summed E-state index contributed by atoms with van der Waals surface area (Å²) in [6.07, 6.45) is 1.72. The molecule has 5 heteroatoms. The van der Waals surface area contributed by atoms with Gasteiger partial charge in [0.05, 0.1) is 5.57 Å². The number of fused-ring (bicyclic) bond motifs is 1. The van der Waals surface area contributed by atoms with Crippen molar-refractivity contribution in [3.05, 3.63) is 123 Å². The van der Waals surface area contributed by atoms with Gasteiger partial charge in [0.1, 0.15) is 12.4 Å². The van der Waals surface area contributed by atoms with Gasteiger partial charge in [-0.2, -0.15) is 0 Å². The van der Waals surface area contributed by atoms with E-state index in [1.54, 1.807) is 30.3 Å². The van der Waals surface area contributed by atoms with Gasteiger partial charge in [0.15, 0.2) is 11.6 Å². The molecule has 0 radical (unpaired) electrons. The first kappa shape index (κ1) is 22.1. The molecule has 0 aliphatic heterocycles. The SMILES string of the molecule is Cc1cc(C=C2C(=O)c3ccccc3C2=O)c(C)n1-c1ccc(OCc2ccc(Br)cc2)cc1. The van der Waals surface area contributed by atoms with Gasteiger partial charge in [-0.15, -0.1) is 0 Å². The molecule has 34 heavy (non-hydrogen) atoms. The number of nitrogens with zero attached hydrogens (tertiary/aromatic N) is 1. The molecule has 1 heterocycles. The quantitative estimate of drug-likeness (QED) is 0.216. The number of allylic oxidation sites excluding steroid dienone is 1. The number of aryl methyl sites for hydroxylation is 1. The third-order valence-electron chi connectivity index (χ3n) is 6.09. The predicted molar refractivity (Wildman–Crippen MR) is 137 cm³/mol. The molecule has 0 bridgehead atoms. The first-order valence-electron chi connectivity index (χ1n) is 11.0. The topological polar surface area (TPSA) is 48.3 Å². The molecule has 0 spiro atoms. The van der Waals surface area contributed by atoms with Crippen LogP contribution in [0.4, 0.5) is 0 Å². The van der Waals surface area contributed by atoms with Crippen LogP contribution in [0.15, 0.2) is 88.9 Å². The van der Waals surface area contributed by atoms with Crippen LogP contribution in [-0.4, -0.2) is 16.1 Å². The zero-order chi connectivity index (χ0) is 23.8. The molecule has 168 valence electrons. The Labute approximate surface area is 206 Å². The smallest absolute Gasteiger partial charge is 0.197 e. The molecule has 4 nitrogen and oxygen atoms in total. The van der Waals surface area contributed by atoms with E-state index in [0.717, 1.165) is 38.4 Å². The molecule has 1 aliphatic carbocycles. The van der Waals surface area contributed by atoms with E-state index < -0.39 is 0 Å². The van der Waals surface area contributed by atoms with E-state index in [9.17, 15) is 9.59 Å². The highest BCUT2D eigenvalue weighted by Gasteiger charge is 2.32. The first-order valence-corrected chi connectivity index (χ1v) is 11.8. The Hall–Kier alpha value is -3.70. The average molecular weight is 512 g/mol. The van der Waals surface area contributed by atoms with E-state index in [2.05, 4.69) is 20.5 Å². The number of benzene rings is 3. The maximum Gasteiger partial charge on any atom is 0.197 e. The summed E-state index contributed by atoms with van der Waals surface area (Å²) in [4.78, 5) is 25.6. The fourth-order valence-electron chi connectivity index (χ4n) is 4.33. The van der Waals surface area contributed by atoms with Crippen LogP contribution < -0.4 is 4.74 Å². The Bertz CT molecular complexity index is 1410. The number of Topliss-reactive ketones (excluding diaryl/α,β-unsaturated/α-hetero) is 2. The van der Waals surface area contributed by atoms with E-state index in [0.29, 0.717) is 17.7 Å². The lowest BCUT2D eigenvalue weighted by atomic mass is 10.1. The molecule has 0 unspecified atom stereocenters. The van der Waals surface area contributed by atoms with Gasteiger partial charge in [0.25, 0.3) is 0 Å². The van der Waals surface area contributed by atoms with Crippen LogP contribution in [0.3, 0.4) is 0 Å². The van der Waals surface area contributed by atoms with Crippen LogP contribution >= 0.6 is 15.9 Å². The molecule has 0 amide bonds. The Morgan fingerprint density at radius 1 is 0.853 bits per heavy atom. The van der Waals surface area contributed by atoms with Gasteiger partial charge >= 0.3 is 0 Å². The van der Waals surface area contributed by atoms with Gasteiger partial charge in [-0.05, 0) is 73.5 Å². The molecular weight excluding hydrogens is 490 g/mol. The fraction of sp³-hybridized carbons (Fsp3) is 0.103. The van der Waals surface area contributed by atoms with Crippen molar-refractivity contribution in [2.24, 2.45) is 0 Å². The number of hydrogen-bond acceptors (Lipinski definition) is 3. The highest BCUT2D eigenvalue weighted by atomic mass is 79.9. The minimum absolute atomic E-state index is 0.210. The van der Waals surface area contributed by atoms with Crippen molar-refractivity contribution in [2.45, 2.75) is 20.5 Å². The molecule has 1 aliphatic rings. The van der Waals surface area contributed by atoms with E-state index in [1.807, 2.05) is 68.4 Å². The summed E-state index contributed by atoms with van der Waals surface area (Å²) in [5.74, 6) is 0.367. The highest BCUT2D eigenvalue weighted by Crippen LogP contribution is 2.30. The summed E-state index contributed by atoms with van der Waals surface area (Å²) < 4.78 is 9.08. The summed E-state index contributed by atoms with van der Waals surface area (Å²) in [7, 11) is 0. The molecule has 5 rings (SSSR count). The van der Waals surface area contributed by atoms with Crippen LogP contribution in [-0.2, 0) is 6.61 Å². The molecule has 0 saturated heterocycles. The third-order valence-corrected chi connectivity index (χ3v) is 6.62. The summed E-state index contributed by atoms with van der Waals surface area (Å²) in [5.41, 5.74) is 6.10. The van der Waals surface area contributed by atoms with Crippen molar-refractivity contribution in [1.29, 1.82) is 0 Å². The van der Waals surface area contributed by atoms with Crippen molar-refractivity contribution in [2.75, 3.05) is 0 Å². The van der Waals surface area contributed by atoms with E-state index in [-0.39, 0.29) is 17.1 Å². The molecule has 0 fully saturated rings. The fourth-order valence-corrected chi connectivity index (χ4v) is 4.59. The highest BCUT2D eigenvalue weighted by molar-refractivity contribution is 9.10. The second kappa shape index (κ2) is 8.92. The van der Waals surface area contributed by atoms with Crippen LogP contribution in [0.1, 0.15) is 43.2 Å². The van der Waals surface area contributed by atoms with Crippen molar-refractivity contribution >= 4 is 33.6 Å². The summed E-state index contributed by atoms with van der Waals surface area (Å²) in [6.45, 7) is 4.50. The van der Waals surface area contributed by atoms with Crippen molar-refractivity contribution in [3.63, 3.8) is 0 Å². The molecule has 0 N–H and O–H groups in total. The standard InChI is InChI=1S/C29H22BrNO3/c1-18-15-21(16-27-28(32)25-5-3-4-6-26(25)29(27)33)19(2)31(18)23-11-13-24(14-12-23)34-17-20-7-9-22(30)10-8-20/h3-16H,17H2,1-2H3. The van der Waals surface area contributed by atoms with Gasteiger partial charge in [-0.1, -0.05) is 52.3 Å². The lowest BCUT2D eigenvalue weighted by molar-refractivity contribution is 0.0990. The molecule has 0 saturated carbocycles. The first-order chi connectivity index (χ1) is 16.4. The Morgan fingerprint density at radius 2 is 1.47 bits per heavy atom. The Kier molecular flexibility index (Phi) is 5.80. The van der Waals surface area contributed by atoms with Crippen molar-refractivity contribution < 1.29 is 14.3 Å². The number of ketones is 2. The van der Waals surface area contributed by atoms with Crippen LogP contribution in [0.2, 0.25) is 0 Å². The van der Waals surface area contributed by atoms with Gasteiger partial charge in [0.2, 0.25) is 0 Å². The lowest BCUT2D eigenvalue weighted by Gasteiger charge is -2.12. The molecule has 4 aromatic rings. The second-order valence-corrected chi connectivity index (χ2v) is 9.25. The largest absolute Gasteiger partial charge is 0.489 e. The van der Waals surface area contributed by atoms with Crippen molar-refractivity contribution in [1.82, 2.24) is 4.57 Å². The number of halogens is 1. The van der Waals surface area contributed by atoms with Crippen LogP contribution in [0.25, 0.3) is 11.8 Å². The summed E-state index contributed by atoms with van der Waals surface area (Å²) in [5, 5.41) is 0. The van der Waals surface area contributed by atoms with Crippen LogP contribution in [0, 0.1) is 13.8 Å². The van der Waals surface area contributed by atoms with Gasteiger partial charge in [-0.25, -0.2) is 0 Å². The predicted octanol–water partition coefficient (Wildman–Crippen LogP) is 6.90. The van der Waals surface area contributed by atoms with E-state index >= 15 is 0 Å². The van der Waals surface area contributed by atoms with Crippen LogP contribution in [0.5, 0.6) is 5.75 Å². The van der Waals surface area contributed by atoms with Gasteiger partial charge < -0.3 is 9.30 Å². The van der Waals surface area contributed by atoms with E-state index in [1.165, 1.54) is 0 Å². The zero-order valence-corrected chi connectivity index (χ0v) is 20.4. The van der Waals surface area contributed by atoms with Crippen molar-refractivity contribution in [3.8, 4) is 11.4 Å². The second-order valence-electron chi connectivity index (χ2n) is 8.33. The monoisotopic (exact) mass is 511 g/mol. The molecule has 1 aromatic heterocycles. The molecular formula is C29H22BrNO3. The maximum atomic E-state index is 12.8. The number of aromatic nitrogens is 1. The molecule has 3 aromatic carbocycles. The minimum atomic E-state index is -0.210. The minimum Gasteiger partial charge on any atom is -0.489 e. The third kappa shape index (κ3) is 4.03. The zero-order valence-electron chi connectivity index (χ0n) is 18.8. The number of ether oxygens (including phenoxy) is 1. The Balaban J connectivity index is 1.38. The normalized spacial score (nSPS) is 12.7. The van der Waals surface area contributed by atoms with E-state index in [4.69, 9.17) is 4.74 Å². The van der Waals surface area contributed by atoms with Gasteiger partial charge in [0, 0.05) is 32.7 Å². The number of carbonyl (C=O) groups excluding carboxylic acids is 2. The summed E-state index contributed by atoms with van der Waals surface area (Å²) in [6, 6.07) is 25.0. The number of rotatable bonds is 5. The number of hydrogen-bond donors (Lipinski definition) is 0. The van der Waals surface area contributed by atoms with Gasteiger partial charge in [-0.3, -0.25) is 9.59 Å². The average Bonchev–Trinajstić information content (AvgIpc) is 3.26.